The van der Waals surface area contributed by atoms with Gasteiger partial charge in [0, 0.05) is 34.1 Å². The van der Waals surface area contributed by atoms with Gasteiger partial charge in [-0.2, -0.15) is 0 Å². The number of ether oxygens (including phenoxy) is 17. The molecule has 52 heteroatoms. The molecule has 52 nitrogen and oxygen atoms in total. The topological polar surface area (TPSA) is 816 Å². The minimum Gasteiger partial charge on any atom is -0.477 e. The molecule has 4 amide bonds. The fourth-order valence-corrected chi connectivity index (χ4v) is 15.0. The first kappa shape index (κ1) is 96.5. The van der Waals surface area contributed by atoms with Gasteiger partial charge in [0.15, 0.2) is 50.3 Å². The maximum absolute atomic E-state index is 13.6. The van der Waals surface area contributed by atoms with Crippen LogP contribution in [-0.4, -0.2) is 497 Å². The van der Waals surface area contributed by atoms with E-state index in [1.807, 2.05) is 0 Å². The van der Waals surface area contributed by atoms with Crippen molar-refractivity contribution in [2.24, 2.45) is 0 Å². The van der Waals surface area contributed by atoms with Crippen molar-refractivity contribution < 1.29 is 237 Å². The van der Waals surface area contributed by atoms with Gasteiger partial charge < -0.3 is 235 Å². The number of hydrogen-bond donors (Lipinski definition) is 30. The molecule has 30 N–H and O–H groups in total. The molecule has 9 rings (SSSR count). The monoisotopic (exact) mass is 1710 g/mol. The summed E-state index contributed by atoms with van der Waals surface area (Å²) in [7, 11) is 0. The molecule has 46 atom stereocenters. The number of aliphatic carboxylic acids is 1. The molecule has 0 aromatic carbocycles. The van der Waals surface area contributed by atoms with Crippen LogP contribution in [0, 0.1) is 0 Å². The lowest BCUT2D eigenvalue weighted by Gasteiger charge is -2.52. The first-order valence-electron chi connectivity index (χ1n) is 37.1. The summed E-state index contributed by atoms with van der Waals surface area (Å²) in [6.45, 7) is -4.28. The zero-order chi connectivity index (χ0) is 86.6. The van der Waals surface area contributed by atoms with Crippen LogP contribution >= 0.6 is 0 Å². The average Bonchev–Trinajstić information content (AvgIpc) is 0.756. The van der Waals surface area contributed by atoms with Crippen molar-refractivity contribution >= 4 is 29.6 Å². The molecule has 0 aliphatic carbocycles. The highest BCUT2D eigenvalue weighted by atomic mass is 16.8. The molecule has 9 aliphatic heterocycles. The van der Waals surface area contributed by atoms with Crippen LogP contribution in [-0.2, 0) is 104 Å². The van der Waals surface area contributed by atoms with Crippen LogP contribution in [0.25, 0.3) is 0 Å². The largest absolute Gasteiger partial charge is 0.477 e. The molecular weight excluding hydrogens is 1600 g/mol. The Morgan fingerprint density at radius 3 is 1.31 bits per heavy atom. The third-order valence-electron chi connectivity index (χ3n) is 21.3. The Hall–Kier alpha value is -4.33. The maximum atomic E-state index is 13.6. The van der Waals surface area contributed by atoms with Gasteiger partial charge in [-0.3, -0.25) is 19.2 Å². The Morgan fingerprint density at radius 1 is 0.368 bits per heavy atom. The van der Waals surface area contributed by atoms with E-state index in [4.69, 9.17) is 80.5 Å². The van der Waals surface area contributed by atoms with E-state index < -0.39 is 371 Å². The summed E-state index contributed by atoms with van der Waals surface area (Å²) < 4.78 is 101. The number of aliphatic hydroxyl groups is 25. The Kier molecular flexibility index (Phi) is 34.2. The van der Waals surface area contributed by atoms with Gasteiger partial charge in [-0.05, 0) is 6.92 Å². The number of rotatable bonds is 31. The number of hydrogen-bond acceptors (Lipinski definition) is 47. The number of carboxylic acid groups (broad SMARTS) is 1. The molecule has 9 fully saturated rings. The first-order chi connectivity index (χ1) is 55.1. The second-order valence-electron chi connectivity index (χ2n) is 29.6. The molecule has 676 valence electrons. The summed E-state index contributed by atoms with van der Waals surface area (Å²) in [5.74, 6) is -8.86. The zero-order valence-corrected chi connectivity index (χ0v) is 63.0. The highest BCUT2D eigenvalue weighted by Crippen LogP contribution is 2.41. The fraction of sp³-hybridized carbons (Fsp3) is 0.923. The summed E-state index contributed by atoms with van der Waals surface area (Å²) in [4.78, 5) is 64.0. The van der Waals surface area contributed by atoms with E-state index >= 15 is 0 Å². The number of aliphatic hydroxyl groups excluding tert-OH is 25. The van der Waals surface area contributed by atoms with E-state index in [0.717, 1.165) is 27.7 Å². The van der Waals surface area contributed by atoms with E-state index in [2.05, 4.69) is 21.3 Å². The van der Waals surface area contributed by atoms with Crippen molar-refractivity contribution in [3.05, 3.63) is 0 Å². The lowest BCUT2D eigenvalue weighted by molar-refractivity contribution is -0.403. The molecular formula is C65H108N4O48. The smallest absolute Gasteiger partial charge is 0.364 e. The van der Waals surface area contributed by atoms with Crippen molar-refractivity contribution in [2.75, 3.05) is 52.9 Å². The minimum absolute atomic E-state index is 0.784. The average molecular weight is 1710 g/mol. The quantitative estimate of drug-likeness (QED) is 0.0306. The summed E-state index contributed by atoms with van der Waals surface area (Å²) in [5.41, 5.74) is 0. The van der Waals surface area contributed by atoms with E-state index in [9.17, 15) is 157 Å². The zero-order valence-electron chi connectivity index (χ0n) is 63.0. The van der Waals surface area contributed by atoms with Crippen molar-refractivity contribution in [1.29, 1.82) is 0 Å². The highest BCUT2D eigenvalue weighted by molar-refractivity contribution is 5.77. The van der Waals surface area contributed by atoms with Crippen molar-refractivity contribution in [2.45, 2.75) is 323 Å². The molecule has 0 aromatic rings. The molecule has 0 spiro atoms. The van der Waals surface area contributed by atoms with Crippen LogP contribution in [0.2, 0.25) is 0 Å². The molecule has 9 heterocycles. The summed E-state index contributed by atoms with van der Waals surface area (Å²) in [6, 6.07) is -7.40. The van der Waals surface area contributed by atoms with Gasteiger partial charge >= 0.3 is 5.97 Å². The van der Waals surface area contributed by atoms with Crippen molar-refractivity contribution in [1.82, 2.24) is 21.3 Å². The number of carbonyl (C=O) groups is 5. The summed E-state index contributed by atoms with van der Waals surface area (Å²) >= 11 is 0. The van der Waals surface area contributed by atoms with Crippen LogP contribution in [0.15, 0.2) is 0 Å². The normalized spacial score (nSPS) is 47.9. The molecule has 117 heavy (non-hydrogen) atoms. The van der Waals surface area contributed by atoms with Crippen LogP contribution in [0.5, 0.6) is 0 Å². The number of nitrogens with one attached hydrogen (secondary N) is 4. The Labute approximate surface area is 662 Å². The standard InChI is InChI=1S/C65H108N4O48/c1-15-33(82)41(90)46(95)60(103-15)114-53-32(69-19(5)79)58(108-26(12-75)51(53)113-61-47(96)43(92)37(86)28(110-61)14-102-65(64(99)100)6-20(80)29(66-16(2)76)52(117-65)34(83)21(81)7-70)116-55-44(93)36(85)23(9-72)106-63(55)115-54-38(87)27(13-101-59-45(94)42(91)35(84)22(8-71)105-59)109-62(48(54)97)112-50-25(11-74)107-57(31(40(50)89)68-18(4)78)111-49-24(10-73)104-56(98)30(39(49)88)67-17(3)77/h15,20-63,70-75,80-98H,6-14H2,1-5H3,(H,66,76)(H,67,77)(H,68,78)(H,69,79)(H,99,100)/t15-,20-,21+,22+,23+,24+,25+,26+,27+,28+,29+,30+,31+,32+,33+,34+,35+,36+,37-,38+,39+,40+,41+,42-,43-,44-,45-,46-,47+,48-,49+,50+,51+,52+,53+,54-,55-,56+,57-,58-,59-,60-,61-,62-,63+,65+/m0/s1. The molecule has 0 unspecified atom stereocenters. The number of amides is 4. The van der Waals surface area contributed by atoms with Gasteiger partial charge in [0.1, 0.15) is 207 Å². The molecule has 0 saturated carbocycles. The Bertz CT molecular complexity index is 3190. The highest BCUT2D eigenvalue weighted by Gasteiger charge is 2.63. The van der Waals surface area contributed by atoms with Crippen LogP contribution < -0.4 is 21.3 Å². The van der Waals surface area contributed by atoms with E-state index in [0.29, 0.717) is 0 Å². The van der Waals surface area contributed by atoms with E-state index in [1.165, 1.54) is 6.92 Å². The van der Waals surface area contributed by atoms with Gasteiger partial charge in [0.2, 0.25) is 23.6 Å². The third kappa shape index (κ3) is 21.4. The van der Waals surface area contributed by atoms with Crippen LogP contribution in [0.1, 0.15) is 41.0 Å². The molecule has 0 aromatic heterocycles. The van der Waals surface area contributed by atoms with Gasteiger partial charge in [-0.1, -0.05) is 0 Å². The molecule has 0 radical (unpaired) electrons. The molecule has 9 aliphatic rings. The molecule has 0 bridgehead atoms. The number of carbonyl (C=O) groups excluding carboxylic acids is 4. The van der Waals surface area contributed by atoms with Crippen molar-refractivity contribution in [3.63, 3.8) is 0 Å². The predicted molar refractivity (Wildman–Crippen MR) is 359 cm³/mol. The molecule has 9 saturated heterocycles. The van der Waals surface area contributed by atoms with Gasteiger partial charge in [0.05, 0.1) is 71.1 Å². The van der Waals surface area contributed by atoms with E-state index in [-0.39, 0.29) is 0 Å². The first-order valence-corrected chi connectivity index (χ1v) is 37.1. The van der Waals surface area contributed by atoms with Gasteiger partial charge in [-0.15, -0.1) is 0 Å². The Morgan fingerprint density at radius 2 is 0.761 bits per heavy atom. The van der Waals surface area contributed by atoms with E-state index in [1.54, 1.807) is 0 Å². The van der Waals surface area contributed by atoms with Gasteiger partial charge in [0.25, 0.3) is 5.79 Å². The minimum atomic E-state index is -3.13. The lowest BCUT2D eigenvalue weighted by atomic mass is 9.88. The Balaban J connectivity index is 1.05. The SMILES string of the molecule is CC(=O)N[C@@H]1[C@@H](O)[C@H](O[C@@H]2O[C@H](CO)[C@@H](O[C@@H]3O[C@H](CO[C@H]4O[C@H](CO)[C@@H](O)[C@H](O)[C@@H]4O)[C@@H](O)[C@H](O[C@H]4O[C@H](CO)[C@@H](O)[C@H](O)[C@@H]4O[C@@H]4O[C@H](CO)[C@@H](O[C@@H]5O[C@H](CO[C@]6(C(=O)O)C[C@H](O)[C@@H](NC(C)=O)[C@H]([C@H](O)[C@H](O)CO)O6)[C@H](O)[C@H](O)[C@H]5O)[C@H](O[C@@H]5O[C@@H](C)[C@@H](O)[C@@H](O)[C@@H]5O)[C@H]4NC(C)=O)[C@@H]3O)[C@H](O)[C@H]2NC(C)=O)[C@@H](CO)O[C@H]1O. The summed E-state index contributed by atoms with van der Waals surface area (Å²) in [6.07, 6.45) is -89.3. The van der Waals surface area contributed by atoms with Crippen molar-refractivity contribution in [3.8, 4) is 0 Å². The predicted octanol–water partition coefficient (Wildman–Crippen LogP) is -19.8. The third-order valence-corrected chi connectivity index (χ3v) is 21.3. The second-order valence-corrected chi connectivity index (χ2v) is 29.6. The van der Waals surface area contributed by atoms with Crippen LogP contribution in [0.3, 0.4) is 0 Å². The lowest BCUT2D eigenvalue weighted by Crippen LogP contribution is -2.71. The fourth-order valence-electron chi connectivity index (χ4n) is 15.0. The van der Waals surface area contributed by atoms with Crippen LogP contribution in [0.4, 0.5) is 0 Å². The summed E-state index contributed by atoms with van der Waals surface area (Å²) in [5, 5.41) is 298. The second kappa shape index (κ2) is 41.4. The van der Waals surface area contributed by atoms with Gasteiger partial charge in [-0.25, -0.2) is 4.79 Å². The number of carboxylic acids is 1. The maximum Gasteiger partial charge on any atom is 0.364 e.